The zero-order valence-corrected chi connectivity index (χ0v) is 21.2. The van der Waals surface area contributed by atoms with Gasteiger partial charge in [-0.1, -0.05) is 30.7 Å². The van der Waals surface area contributed by atoms with E-state index >= 15 is 0 Å². The SMILES string of the molecule is CC/C(=C/c1cccc([N+](=O)[O-])c1)C(=O)N1CCC2(CCN(C(=O)c3cc(Cl)nc(OC)c3)CC2)C1. The van der Waals surface area contributed by atoms with Gasteiger partial charge in [0.05, 0.1) is 12.0 Å². The number of nitro groups is 1. The third-order valence-electron chi connectivity index (χ3n) is 7.14. The van der Waals surface area contributed by atoms with E-state index in [0.717, 1.165) is 19.3 Å². The lowest BCUT2D eigenvalue weighted by Gasteiger charge is -2.39. The average Bonchev–Trinajstić information content (AvgIpc) is 3.30. The number of hydrogen-bond donors (Lipinski definition) is 0. The Morgan fingerprint density at radius 1 is 1.17 bits per heavy atom. The van der Waals surface area contributed by atoms with Crippen LogP contribution in [-0.4, -0.2) is 64.8 Å². The van der Waals surface area contributed by atoms with Crippen LogP contribution in [-0.2, 0) is 4.79 Å². The lowest BCUT2D eigenvalue weighted by Crippen LogP contribution is -2.44. The topological polar surface area (TPSA) is 106 Å². The summed E-state index contributed by atoms with van der Waals surface area (Å²) < 4.78 is 5.13. The molecule has 0 atom stereocenters. The van der Waals surface area contributed by atoms with Gasteiger partial charge >= 0.3 is 0 Å². The summed E-state index contributed by atoms with van der Waals surface area (Å²) in [6, 6.07) is 9.44. The van der Waals surface area contributed by atoms with Crippen LogP contribution < -0.4 is 4.74 Å². The number of carbonyl (C=O) groups is 2. The van der Waals surface area contributed by atoms with Gasteiger partial charge < -0.3 is 14.5 Å². The van der Waals surface area contributed by atoms with Gasteiger partial charge in [-0.2, -0.15) is 0 Å². The molecule has 2 amide bonds. The summed E-state index contributed by atoms with van der Waals surface area (Å²) in [6.07, 6.45) is 4.80. The van der Waals surface area contributed by atoms with Crippen molar-refractivity contribution in [1.82, 2.24) is 14.8 Å². The van der Waals surface area contributed by atoms with Crippen LogP contribution in [0.3, 0.4) is 0 Å². The Labute approximate surface area is 214 Å². The molecule has 2 saturated heterocycles. The third-order valence-corrected chi connectivity index (χ3v) is 7.33. The van der Waals surface area contributed by atoms with Gasteiger partial charge in [-0.3, -0.25) is 19.7 Å². The summed E-state index contributed by atoms with van der Waals surface area (Å²) in [5, 5.41) is 11.3. The van der Waals surface area contributed by atoms with E-state index < -0.39 is 4.92 Å². The Balaban J connectivity index is 1.40. The van der Waals surface area contributed by atoms with Crippen LogP contribution >= 0.6 is 11.6 Å². The number of non-ortho nitro benzene ring substituents is 1. The van der Waals surface area contributed by atoms with Gasteiger partial charge in [0.2, 0.25) is 11.8 Å². The van der Waals surface area contributed by atoms with Crippen LogP contribution in [0.25, 0.3) is 6.08 Å². The van der Waals surface area contributed by atoms with Crippen molar-refractivity contribution in [3.05, 3.63) is 68.4 Å². The molecular formula is C26H29ClN4O5. The lowest BCUT2D eigenvalue weighted by atomic mass is 9.77. The zero-order chi connectivity index (χ0) is 25.9. The first-order chi connectivity index (χ1) is 17.2. The van der Waals surface area contributed by atoms with Gasteiger partial charge in [0, 0.05) is 55.5 Å². The maximum absolute atomic E-state index is 13.3. The molecule has 2 aliphatic rings. The van der Waals surface area contributed by atoms with Gasteiger partial charge in [0.1, 0.15) is 5.15 Å². The summed E-state index contributed by atoms with van der Waals surface area (Å²) in [5.41, 5.74) is 1.71. The number of benzene rings is 1. The highest BCUT2D eigenvalue weighted by Crippen LogP contribution is 2.41. The fourth-order valence-corrected chi connectivity index (χ4v) is 5.23. The standard InChI is InChI=1S/C26H29ClN4O5/c1-3-19(13-18-5-4-6-21(14-18)31(34)35)24(32)30-12-9-26(17-30)7-10-29(11-8-26)25(33)20-15-22(27)28-23(16-20)36-2/h4-6,13-16H,3,7-12,17H2,1-2H3/b19-13-. The number of aromatic nitrogens is 1. The van der Waals surface area contributed by atoms with Crippen LogP contribution in [0.5, 0.6) is 5.88 Å². The number of piperidine rings is 1. The van der Waals surface area contributed by atoms with Crippen molar-refractivity contribution in [2.24, 2.45) is 5.41 Å². The Kier molecular flexibility index (Phi) is 7.59. The highest BCUT2D eigenvalue weighted by Gasteiger charge is 2.43. The second-order valence-electron chi connectivity index (χ2n) is 9.37. The van der Waals surface area contributed by atoms with Crippen LogP contribution in [0.4, 0.5) is 5.69 Å². The number of likely N-dealkylation sites (tertiary alicyclic amines) is 2. The minimum absolute atomic E-state index is 0.000523. The van der Waals surface area contributed by atoms with Crippen molar-refractivity contribution < 1.29 is 19.2 Å². The van der Waals surface area contributed by atoms with E-state index in [9.17, 15) is 19.7 Å². The number of halogens is 1. The molecule has 0 radical (unpaired) electrons. The molecule has 4 rings (SSSR count). The van der Waals surface area contributed by atoms with Crippen molar-refractivity contribution in [1.29, 1.82) is 0 Å². The minimum atomic E-state index is -0.439. The van der Waals surface area contributed by atoms with Gasteiger partial charge in [-0.15, -0.1) is 0 Å². The maximum atomic E-state index is 13.3. The van der Waals surface area contributed by atoms with E-state index in [1.165, 1.54) is 19.2 Å². The van der Waals surface area contributed by atoms with Gasteiger partial charge in [-0.25, -0.2) is 4.98 Å². The number of hydrogen-bond acceptors (Lipinski definition) is 6. The molecule has 190 valence electrons. The van der Waals surface area contributed by atoms with Crippen molar-refractivity contribution in [3.63, 3.8) is 0 Å². The quantitative estimate of drug-likeness (QED) is 0.242. The molecule has 0 N–H and O–H groups in total. The second kappa shape index (κ2) is 10.7. The van der Waals surface area contributed by atoms with Crippen molar-refractivity contribution in [3.8, 4) is 5.88 Å². The van der Waals surface area contributed by atoms with E-state index in [2.05, 4.69) is 4.98 Å². The number of carbonyl (C=O) groups excluding carboxylic acids is 2. The predicted octanol–water partition coefficient (Wildman–Crippen LogP) is 4.60. The van der Waals surface area contributed by atoms with Crippen LogP contribution in [0.2, 0.25) is 5.15 Å². The molecule has 3 heterocycles. The first kappa shape index (κ1) is 25.6. The molecule has 0 unspecified atom stereocenters. The predicted molar refractivity (Wildman–Crippen MR) is 136 cm³/mol. The number of methoxy groups -OCH3 is 1. The van der Waals surface area contributed by atoms with Gasteiger partial charge in [-0.05, 0) is 48.8 Å². The fraction of sp³-hybridized carbons (Fsp3) is 0.423. The smallest absolute Gasteiger partial charge is 0.270 e. The molecule has 1 aromatic carbocycles. The van der Waals surface area contributed by atoms with Gasteiger partial charge in [0.15, 0.2) is 0 Å². The first-order valence-corrected chi connectivity index (χ1v) is 12.4. The van der Waals surface area contributed by atoms with Gasteiger partial charge in [0.25, 0.3) is 11.6 Å². The molecule has 0 saturated carbocycles. The summed E-state index contributed by atoms with van der Waals surface area (Å²) in [6.45, 7) is 4.43. The largest absolute Gasteiger partial charge is 0.481 e. The van der Waals surface area contributed by atoms with E-state index in [4.69, 9.17) is 16.3 Å². The molecular weight excluding hydrogens is 484 g/mol. The monoisotopic (exact) mass is 512 g/mol. The van der Waals surface area contributed by atoms with Crippen LogP contribution in [0.1, 0.15) is 48.5 Å². The number of pyridine rings is 1. The van der Waals surface area contributed by atoms with Crippen molar-refractivity contribution >= 4 is 35.2 Å². The minimum Gasteiger partial charge on any atom is -0.481 e. The van der Waals surface area contributed by atoms with Crippen molar-refractivity contribution in [2.45, 2.75) is 32.6 Å². The summed E-state index contributed by atoms with van der Waals surface area (Å²) in [5.74, 6) is 0.165. The Bertz CT molecular complexity index is 1210. The Hall–Kier alpha value is -3.46. The maximum Gasteiger partial charge on any atom is 0.270 e. The first-order valence-electron chi connectivity index (χ1n) is 12.0. The number of amides is 2. The van der Waals surface area contributed by atoms with E-state index in [-0.39, 0.29) is 28.1 Å². The molecule has 10 heteroatoms. The van der Waals surface area contributed by atoms with Crippen LogP contribution in [0, 0.1) is 15.5 Å². The molecule has 0 bridgehead atoms. The van der Waals surface area contributed by atoms with E-state index in [0.29, 0.717) is 55.2 Å². The number of rotatable bonds is 6. The summed E-state index contributed by atoms with van der Waals surface area (Å²) in [4.78, 5) is 44.7. The lowest BCUT2D eigenvalue weighted by molar-refractivity contribution is -0.384. The molecule has 0 aliphatic carbocycles. The van der Waals surface area contributed by atoms with Crippen molar-refractivity contribution in [2.75, 3.05) is 33.3 Å². The van der Waals surface area contributed by atoms with E-state index in [1.54, 1.807) is 30.3 Å². The second-order valence-corrected chi connectivity index (χ2v) is 9.75. The zero-order valence-electron chi connectivity index (χ0n) is 20.4. The third kappa shape index (κ3) is 5.51. The molecule has 2 fully saturated rings. The van der Waals surface area contributed by atoms with E-state index in [1.807, 2.05) is 16.7 Å². The number of nitrogens with zero attached hydrogens (tertiary/aromatic N) is 4. The average molecular weight is 513 g/mol. The highest BCUT2D eigenvalue weighted by molar-refractivity contribution is 6.29. The molecule has 9 nitrogen and oxygen atoms in total. The molecule has 2 aromatic rings. The molecule has 36 heavy (non-hydrogen) atoms. The highest BCUT2D eigenvalue weighted by atomic mass is 35.5. The normalized spacial score (nSPS) is 17.4. The fourth-order valence-electron chi connectivity index (χ4n) is 5.03. The van der Waals surface area contributed by atoms with Crippen LogP contribution in [0.15, 0.2) is 42.0 Å². The summed E-state index contributed by atoms with van der Waals surface area (Å²) >= 11 is 6.03. The summed E-state index contributed by atoms with van der Waals surface area (Å²) in [7, 11) is 1.48. The molecule has 1 spiro atoms. The molecule has 1 aromatic heterocycles. The Morgan fingerprint density at radius 2 is 1.86 bits per heavy atom. The Morgan fingerprint density at radius 3 is 2.50 bits per heavy atom. The molecule has 2 aliphatic heterocycles. The number of ether oxygens (including phenoxy) is 1. The number of nitro benzene ring substituents is 1.